The van der Waals surface area contributed by atoms with Gasteiger partial charge in [-0.1, -0.05) is 12.1 Å². The number of fused-ring (bicyclic) bond motifs is 1. The van der Waals surface area contributed by atoms with Gasteiger partial charge < -0.3 is 10.3 Å². The van der Waals surface area contributed by atoms with Crippen LogP contribution in [0.15, 0.2) is 18.2 Å². The lowest BCUT2D eigenvalue weighted by atomic mass is 9.89. The summed E-state index contributed by atoms with van der Waals surface area (Å²) in [5.41, 5.74) is 12.4. The molecule has 0 unspecified atom stereocenters. The number of nitrogens with zero attached hydrogens (tertiary/aromatic N) is 2. The van der Waals surface area contributed by atoms with E-state index in [1.165, 1.54) is 48.1 Å². The molecule has 0 aliphatic heterocycles. The zero-order chi connectivity index (χ0) is 14.1. The van der Waals surface area contributed by atoms with Crippen LogP contribution in [-0.2, 0) is 26.3 Å². The Balaban J connectivity index is 2.06. The molecule has 0 saturated carbocycles. The number of nitrogens with two attached hydrogens (primary N) is 1. The van der Waals surface area contributed by atoms with Crippen molar-refractivity contribution in [2.24, 2.45) is 12.8 Å². The molecule has 3 nitrogen and oxygen atoms in total. The lowest BCUT2D eigenvalue weighted by Gasteiger charge is -2.16. The van der Waals surface area contributed by atoms with Gasteiger partial charge in [0.25, 0.3) is 0 Å². The molecule has 0 radical (unpaired) electrons. The molecule has 106 valence electrons. The maximum atomic E-state index is 5.76. The molecule has 3 rings (SSSR count). The molecule has 0 amide bonds. The lowest BCUT2D eigenvalue weighted by Crippen LogP contribution is -2.08. The summed E-state index contributed by atoms with van der Waals surface area (Å²) in [5.74, 6) is 1.06. The van der Waals surface area contributed by atoms with Gasteiger partial charge in [0.1, 0.15) is 5.82 Å². The van der Waals surface area contributed by atoms with Gasteiger partial charge in [-0.25, -0.2) is 4.98 Å². The van der Waals surface area contributed by atoms with E-state index >= 15 is 0 Å². The third-order valence-corrected chi connectivity index (χ3v) is 4.44. The molecule has 3 heteroatoms. The Morgan fingerprint density at radius 2 is 1.95 bits per heavy atom. The predicted octanol–water partition coefficient (Wildman–Crippen LogP) is 2.78. The van der Waals surface area contributed by atoms with Crippen LogP contribution in [0, 0.1) is 6.92 Å². The summed E-state index contributed by atoms with van der Waals surface area (Å²) in [4.78, 5) is 4.76. The van der Waals surface area contributed by atoms with Gasteiger partial charge in [-0.15, -0.1) is 0 Å². The van der Waals surface area contributed by atoms with E-state index in [0.717, 1.165) is 17.9 Å². The van der Waals surface area contributed by atoms with E-state index < -0.39 is 0 Å². The Morgan fingerprint density at radius 3 is 2.70 bits per heavy atom. The molecule has 1 aliphatic carbocycles. The van der Waals surface area contributed by atoms with E-state index in [1.807, 2.05) is 0 Å². The summed E-state index contributed by atoms with van der Waals surface area (Å²) in [6.07, 6.45) is 5.96. The fourth-order valence-corrected chi connectivity index (χ4v) is 3.19. The van der Waals surface area contributed by atoms with Gasteiger partial charge in [0.15, 0.2) is 0 Å². The molecule has 2 N–H and O–H groups in total. The second kappa shape index (κ2) is 5.41. The van der Waals surface area contributed by atoms with Crippen molar-refractivity contribution in [2.75, 3.05) is 6.54 Å². The third kappa shape index (κ3) is 2.27. The van der Waals surface area contributed by atoms with E-state index in [-0.39, 0.29) is 0 Å². The molecule has 20 heavy (non-hydrogen) atoms. The minimum absolute atomic E-state index is 0.664. The van der Waals surface area contributed by atoms with Crippen LogP contribution in [0.1, 0.15) is 35.5 Å². The summed E-state index contributed by atoms with van der Waals surface area (Å²) >= 11 is 0. The first-order valence-electron chi connectivity index (χ1n) is 7.55. The second-order valence-corrected chi connectivity index (χ2v) is 5.74. The molecule has 2 aromatic rings. The molecule has 0 spiro atoms. The zero-order valence-corrected chi connectivity index (χ0v) is 12.4. The van der Waals surface area contributed by atoms with Crippen LogP contribution < -0.4 is 5.73 Å². The Kier molecular flexibility index (Phi) is 3.62. The Labute approximate surface area is 120 Å². The topological polar surface area (TPSA) is 43.8 Å². The SMILES string of the molecule is Cc1nc(-c2ccc3c(c2)CCCC3)c(CCN)n1C. The molecule has 1 aromatic carbocycles. The standard InChI is InChI=1S/C17H23N3/c1-12-19-17(16(9-10-18)20(12)2)15-8-7-13-5-3-4-6-14(13)11-15/h7-8,11H,3-6,9-10,18H2,1-2H3. The van der Waals surface area contributed by atoms with Crippen LogP contribution in [0.2, 0.25) is 0 Å². The van der Waals surface area contributed by atoms with Crippen molar-refractivity contribution >= 4 is 0 Å². The van der Waals surface area contributed by atoms with E-state index in [0.29, 0.717) is 6.54 Å². The van der Waals surface area contributed by atoms with E-state index in [4.69, 9.17) is 10.7 Å². The highest BCUT2D eigenvalue weighted by atomic mass is 15.1. The summed E-state index contributed by atoms with van der Waals surface area (Å²) in [7, 11) is 2.08. The molecule has 0 bridgehead atoms. The van der Waals surface area contributed by atoms with Gasteiger partial charge in [-0.2, -0.15) is 0 Å². The second-order valence-electron chi connectivity index (χ2n) is 5.74. The fraction of sp³-hybridized carbons (Fsp3) is 0.471. The number of hydrogen-bond acceptors (Lipinski definition) is 2. The molecule has 0 saturated heterocycles. The van der Waals surface area contributed by atoms with Gasteiger partial charge in [0.05, 0.1) is 5.69 Å². The highest BCUT2D eigenvalue weighted by Gasteiger charge is 2.16. The first kappa shape index (κ1) is 13.4. The fourth-order valence-electron chi connectivity index (χ4n) is 3.19. The monoisotopic (exact) mass is 269 g/mol. The maximum absolute atomic E-state index is 5.76. The van der Waals surface area contributed by atoms with Gasteiger partial charge in [0.2, 0.25) is 0 Å². The highest BCUT2D eigenvalue weighted by Crippen LogP contribution is 2.29. The van der Waals surface area contributed by atoms with Crippen molar-refractivity contribution in [2.45, 2.75) is 39.0 Å². The minimum Gasteiger partial charge on any atom is -0.335 e. The highest BCUT2D eigenvalue weighted by molar-refractivity contribution is 5.64. The van der Waals surface area contributed by atoms with E-state index in [9.17, 15) is 0 Å². The molecule has 1 aromatic heterocycles. The van der Waals surface area contributed by atoms with Crippen molar-refractivity contribution in [3.05, 3.63) is 40.8 Å². The van der Waals surface area contributed by atoms with Crippen LogP contribution in [-0.4, -0.2) is 16.1 Å². The first-order chi connectivity index (χ1) is 9.70. The predicted molar refractivity (Wildman–Crippen MR) is 82.8 cm³/mol. The van der Waals surface area contributed by atoms with Crippen molar-refractivity contribution in [1.29, 1.82) is 0 Å². The van der Waals surface area contributed by atoms with Crippen molar-refractivity contribution in [1.82, 2.24) is 9.55 Å². The molecular formula is C17H23N3. The van der Waals surface area contributed by atoms with Gasteiger partial charge in [0, 0.05) is 24.7 Å². The molecule has 0 atom stereocenters. The summed E-state index contributed by atoms with van der Waals surface area (Å²) < 4.78 is 2.17. The summed E-state index contributed by atoms with van der Waals surface area (Å²) in [6.45, 7) is 2.72. The smallest absolute Gasteiger partial charge is 0.106 e. The number of rotatable bonds is 3. The number of imidazole rings is 1. The normalized spacial score (nSPS) is 14.3. The maximum Gasteiger partial charge on any atom is 0.106 e. The van der Waals surface area contributed by atoms with Gasteiger partial charge in [-0.3, -0.25) is 0 Å². The molecule has 1 heterocycles. The van der Waals surface area contributed by atoms with Crippen LogP contribution in [0.5, 0.6) is 0 Å². The lowest BCUT2D eigenvalue weighted by molar-refractivity contribution is 0.686. The van der Waals surface area contributed by atoms with Crippen LogP contribution >= 0.6 is 0 Å². The number of aromatic nitrogens is 2. The van der Waals surface area contributed by atoms with Gasteiger partial charge in [-0.05, 0) is 56.3 Å². The molecule has 0 fully saturated rings. The van der Waals surface area contributed by atoms with E-state index in [1.54, 1.807) is 0 Å². The summed E-state index contributed by atoms with van der Waals surface area (Å²) in [6, 6.07) is 6.86. The molecular weight excluding hydrogens is 246 g/mol. The van der Waals surface area contributed by atoms with Gasteiger partial charge >= 0.3 is 0 Å². The quantitative estimate of drug-likeness (QED) is 0.931. The van der Waals surface area contributed by atoms with Crippen LogP contribution in [0.25, 0.3) is 11.3 Å². The minimum atomic E-state index is 0.664. The number of benzene rings is 1. The van der Waals surface area contributed by atoms with Crippen molar-refractivity contribution in [3.63, 3.8) is 0 Å². The van der Waals surface area contributed by atoms with Crippen LogP contribution in [0.3, 0.4) is 0 Å². The average molecular weight is 269 g/mol. The first-order valence-corrected chi connectivity index (χ1v) is 7.55. The molecule has 1 aliphatic rings. The zero-order valence-electron chi connectivity index (χ0n) is 12.4. The van der Waals surface area contributed by atoms with E-state index in [2.05, 4.69) is 36.7 Å². The van der Waals surface area contributed by atoms with Crippen LogP contribution in [0.4, 0.5) is 0 Å². The Morgan fingerprint density at radius 1 is 1.20 bits per heavy atom. The van der Waals surface area contributed by atoms with Crippen molar-refractivity contribution < 1.29 is 0 Å². The number of aryl methyl sites for hydroxylation is 3. The summed E-state index contributed by atoms with van der Waals surface area (Å²) in [5, 5.41) is 0. The Bertz CT molecular complexity index is 625. The number of hydrogen-bond donors (Lipinski definition) is 1. The largest absolute Gasteiger partial charge is 0.335 e. The third-order valence-electron chi connectivity index (χ3n) is 4.44. The average Bonchev–Trinajstić information content (AvgIpc) is 2.75. The Hall–Kier alpha value is -1.61. The van der Waals surface area contributed by atoms with Crippen molar-refractivity contribution in [3.8, 4) is 11.3 Å².